The van der Waals surface area contributed by atoms with Crippen molar-refractivity contribution in [3.8, 4) is 0 Å². The normalized spacial score (nSPS) is 12.1. The van der Waals surface area contributed by atoms with Gasteiger partial charge in [-0.15, -0.1) is 0 Å². The fourth-order valence-corrected chi connectivity index (χ4v) is 4.06. The van der Waals surface area contributed by atoms with Gasteiger partial charge in [-0.1, -0.05) is 0 Å². The highest BCUT2D eigenvalue weighted by atomic mass is 32.2. The van der Waals surface area contributed by atoms with Gasteiger partial charge in [0.2, 0.25) is 0 Å². The van der Waals surface area contributed by atoms with Gasteiger partial charge in [-0.05, 0) is 34.5 Å². The minimum Gasteiger partial charge on any atom is -0.468 e. The Morgan fingerprint density at radius 3 is 2.82 bits per heavy atom. The van der Waals surface area contributed by atoms with Crippen LogP contribution in [0.2, 0.25) is 0 Å². The maximum absolute atomic E-state index is 12.8. The zero-order valence-corrected chi connectivity index (χ0v) is 13.5. The van der Waals surface area contributed by atoms with Crippen LogP contribution in [-0.2, 0) is 30.2 Å². The van der Waals surface area contributed by atoms with Crippen molar-refractivity contribution in [3.05, 3.63) is 59.1 Å². The predicted octanol–water partition coefficient (Wildman–Crippen LogP) is 2.47. The third kappa shape index (κ3) is 3.13. The Kier molecular flexibility index (Phi) is 4.14. The molecule has 3 rings (SSSR count). The van der Waals surface area contributed by atoms with Crippen LogP contribution in [0.3, 0.4) is 0 Å². The van der Waals surface area contributed by atoms with Gasteiger partial charge in [0, 0.05) is 19.8 Å². The molecule has 6 nitrogen and oxygen atoms in total. The number of sulfonamides is 1. The number of hydrogen-bond donors (Lipinski definition) is 0. The molecule has 116 valence electrons. The molecule has 8 heteroatoms. The average Bonchev–Trinajstić information content (AvgIpc) is 3.19. The topological polar surface area (TPSA) is 68.3 Å². The van der Waals surface area contributed by atoms with E-state index in [0.29, 0.717) is 5.76 Å². The summed E-state index contributed by atoms with van der Waals surface area (Å²) in [6, 6.07) is 5.41. The molecule has 0 N–H and O–H groups in total. The molecule has 0 atom stereocenters. The summed E-state index contributed by atoms with van der Waals surface area (Å²) in [5, 5.41) is 3.90. The third-order valence-electron chi connectivity index (χ3n) is 3.14. The summed E-state index contributed by atoms with van der Waals surface area (Å²) in [6.45, 7) is 0.449. The Morgan fingerprint density at radius 1 is 1.36 bits per heavy atom. The number of imidazole rings is 1. The van der Waals surface area contributed by atoms with Gasteiger partial charge in [0.25, 0.3) is 10.0 Å². The molecule has 0 aliphatic heterocycles. The monoisotopic (exact) mass is 337 g/mol. The van der Waals surface area contributed by atoms with Gasteiger partial charge in [-0.25, -0.2) is 13.4 Å². The van der Waals surface area contributed by atoms with Crippen LogP contribution >= 0.6 is 11.3 Å². The fourth-order valence-electron chi connectivity index (χ4n) is 2.04. The van der Waals surface area contributed by atoms with Crippen molar-refractivity contribution in [2.75, 3.05) is 0 Å². The molecule has 0 bridgehead atoms. The predicted molar refractivity (Wildman–Crippen MR) is 82.7 cm³/mol. The van der Waals surface area contributed by atoms with Crippen molar-refractivity contribution in [2.24, 2.45) is 7.05 Å². The van der Waals surface area contributed by atoms with Crippen molar-refractivity contribution >= 4 is 21.4 Å². The van der Waals surface area contributed by atoms with Crippen LogP contribution in [0.1, 0.15) is 11.3 Å². The second-order valence-electron chi connectivity index (χ2n) is 4.86. The van der Waals surface area contributed by atoms with Crippen LogP contribution in [0.4, 0.5) is 0 Å². The van der Waals surface area contributed by atoms with Gasteiger partial charge in [-0.3, -0.25) is 0 Å². The van der Waals surface area contributed by atoms with E-state index in [2.05, 4.69) is 4.98 Å². The molecule has 0 amide bonds. The number of aryl methyl sites for hydroxylation is 1. The van der Waals surface area contributed by atoms with E-state index < -0.39 is 10.0 Å². The summed E-state index contributed by atoms with van der Waals surface area (Å²) in [4.78, 5) is 3.97. The van der Waals surface area contributed by atoms with Crippen LogP contribution < -0.4 is 0 Å². The lowest BCUT2D eigenvalue weighted by molar-refractivity contribution is 0.358. The van der Waals surface area contributed by atoms with Crippen molar-refractivity contribution < 1.29 is 12.8 Å². The quantitative estimate of drug-likeness (QED) is 0.693. The second-order valence-corrected chi connectivity index (χ2v) is 7.53. The van der Waals surface area contributed by atoms with Gasteiger partial charge < -0.3 is 8.98 Å². The van der Waals surface area contributed by atoms with Gasteiger partial charge in [0.1, 0.15) is 5.76 Å². The van der Waals surface area contributed by atoms with Crippen LogP contribution in [0.15, 0.2) is 57.2 Å². The van der Waals surface area contributed by atoms with Gasteiger partial charge in [0.05, 0.1) is 19.1 Å². The summed E-state index contributed by atoms with van der Waals surface area (Å²) < 4.78 is 33.9. The summed E-state index contributed by atoms with van der Waals surface area (Å²) in [5.41, 5.74) is 0.941. The van der Waals surface area contributed by atoms with Gasteiger partial charge >= 0.3 is 0 Å². The minimum atomic E-state index is -3.69. The first-order valence-corrected chi connectivity index (χ1v) is 8.95. The van der Waals surface area contributed by atoms with Crippen LogP contribution in [0.5, 0.6) is 0 Å². The molecule has 3 aromatic rings. The van der Waals surface area contributed by atoms with Crippen LogP contribution in [0, 0.1) is 0 Å². The first kappa shape index (κ1) is 15.0. The van der Waals surface area contributed by atoms with E-state index in [0.717, 1.165) is 5.56 Å². The Morgan fingerprint density at radius 2 is 2.23 bits per heavy atom. The fraction of sp³-hybridized carbons (Fsp3) is 0.214. The Bertz CT molecular complexity index is 784. The molecular weight excluding hydrogens is 322 g/mol. The smallest absolute Gasteiger partial charge is 0.262 e. The zero-order valence-electron chi connectivity index (χ0n) is 11.9. The molecule has 22 heavy (non-hydrogen) atoms. The van der Waals surface area contributed by atoms with E-state index in [9.17, 15) is 8.42 Å². The van der Waals surface area contributed by atoms with Gasteiger partial charge in [0.15, 0.2) is 5.03 Å². The molecule has 0 unspecified atom stereocenters. The third-order valence-corrected chi connectivity index (χ3v) is 5.55. The van der Waals surface area contributed by atoms with E-state index in [4.69, 9.17) is 4.42 Å². The van der Waals surface area contributed by atoms with Crippen molar-refractivity contribution in [3.63, 3.8) is 0 Å². The van der Waals surface area contributed by atoms with E-state index in [-0.39, 0.29) is 18.1 Å². The van der Waals surface area contributed by atoms with Crippen molar-refractivity contribution in [1.82, 2.24) is 13.9 Å². The lowest BCUT2D eigenvalue weighted by atomic mass is 10.3. The Hall–Kier alpha value is -1.90. The minimum absolute atomic E-state index is 0.0387. The van der Waals surface area contributed by atoms with E-state index in [1.165, 1.54) is 34.4 Å². The number of hydrogen-bond acceptors (Lipinski definition) is 5. The SMILES string of the molecule is Cn1cnc(S(=O)(=O)N(Cc2ccsc2)Cc2ccco2)c1. The number of thiophene rings is 1. The molecule has 3 heterocycles. The van der Waals surface area contributed by atoms with Crippen molar-refractivity contribution in [2.45, 2.75) is 18.1 Å². The molecule has 0 spiro atoms. The molecule has 0 saturated heterocycles. The summed E-state index contributed by atoms with van der Waals surface area (Å²) in [5.74, 6) is 0.592. The van der Waals surface area contributed by atoms with E-state index in [1.807, 2.05) is 16.8 Å². The number of aromatic nitrogens is 2. The summed E-state index contributed by atoms with van der Waals surface area (Å²) >= 11 is 1.54. The van der Waals surface area contributed by atoms with Crippen LogP contribution in [0.25, 0.3) is 0 Å². The molecule has 0 saturated carbocycles. The average molecular weight is 337 g/mol. The summed E-state index contributed by atoms with van der Waals surface area (Å²) in [7, 11) is -1.95. The first-order chi connectivity index (χ1) is 10.6. The number of furan rings is 1. The lowest BCUT2D eigenvalue weighted by Crippen LogP contribution is -2.30. The van der Waals surface area contributed by atoms with E-state index >= 15 is 0 Å². The highest BCUT2D eigenvalue weighted by Gasteiger charge is 2.28. The zero-order chi connectivity index (χ0) is 15.6. The molecular formula is C14H15N3O3S2. The van der Waals surface area contributed by atoms with Crippen molar-refractivity contribution in [1.29, 1.82) is 0 Å². The Balaban J connectivity index is 1.93. The molecule has 0 aliphatic carbocycles. The largest absolute Gasteiger partial charge is 0.468 e. The molecule has 0 aliphatic rings. The molecule has 3 aromatic heterocycles. The maximum Gasteiger partial charge on any atom is 0.262 e. The highest BCUT2D eigenvalue weighted by Crippen LogP contribution is 2.21. The lowest BCUT2D eigenvalue weighted by Gasteiger charge is -2.19. The first-order valence-electron chi connectivity index (χ1n) is 6.57. The highest BCUT2D eigenvalue weighted by molar-refractivity contribution is 7.89. The molecule has 0 fully saturated rings. The van der Waals surface area contributed by atoms with E-state index in [1.54, 1.807) is 23.7 Å². The number of rotatable bonds is 6. The molecule has 0 radical (unpaired) electrons. The maximum atomic E-state index is 12.8. The standard InChI is InChI=1S/C14H15N3O3S2/c1-16-9-14(15-11-16)22(18,19)17(7-12-4-6-21-10-12)8-13-3-2-5-20-13/h2-6,9-11H,7-8H2,1H3. The molecule has 0 aromatic carbocycles. The number of nitrogens with zero attached hydrogens (tertiary/aromatic N) is 3. The second kappa shape index (κ2) is 6.07. The summed E-state index contributed by atoms with van der Waals surface area (Å²) in [6.07, 6.45) is 4.51. The van der Waals surface area contributed by atoms with Crippen LogP contribution in [-0.4, -0.2) is 22.3 Å². The Labute approximate surface area is 132 Å². The van der Waals surface area contributed by atoms with Gasteiger partial charge in [-0.2, -0.15) is 15.6 Å².